The van der Waals surface area contributed by atoms with E-state index >= 15 is 0 Å². The third-order valence-electron chi connectivity index (χ3n) is 4.63. The molecule has 0 aromatic heterocycles. The SMILES string of the molecule is CC(C)CC(C)N(C)C(=O)CC1CCC(CN)CC1. The molecule has 0 saturated heterocycles. The lowest BCUT2D eigenvalue weighted by atomic mass is 9.80. The first-order valence-corrected chi connectivity index (χ1v) is 7.89. The van der Waals surface area contributed by atoms with E-state index in [0.29, 0.717) is 29.7 Å². The molecule has 0 aromatic carbocycles. The first-order chi connectivity index (χ1) is 8.93. The molecule has 112 valence electrons. The van der Waals surface area contributed by atoms with Crippen LogP contribution in [0.15, 0.2) is 0 Å². The van der Waals surface area contributed by atoms with Gasteiger partial charge in [-0.15, -0.1) is 0 Å². The molecule has 3 nitrogen and oxygen atoms in total. The van der Waals surface area contributed by atoms with Crippen molar-refractivity contribution < 1.29 is 4.79 Å². The molecule has 1 unspecified atom stereocenters. The zero-order valence-corrected chi connectivity index (χ0v) is 13.2. The van der Waals surface area contributed by atoms with Crippen LogP contribution in [0.2, 0.25) is 0 Å². The number of carbonyl (C=O) groups excluding carboxylic acids is 1. The highest BCUT2D eigenvalue weighted by Crippen LogP contribution is 2.30. The topological polar surface area (TPSA) is 46.3 Å². The lowest BCUT2D eigenvalue weighted by molar-refractivity contribution is -0.133. The number of nitrogens with two attached hydrogens (primary N) is 1. The molecule has 1 atom stereocenters. The molecule has 0 radical (unpaired) electrons. The molecule has 0 heterocycles. The monoisotopic (exact) mass is 268 g/mol. The molecule has 3 heteroatoms. The van der Waals surface area contributed by atoms with Gasteiger partial charge >= 0.3 is 0 Å². The van der Waals surface area contributed by atoms with Crippen molar-refractivity contribution in [1.82, 2.24) is 4.90 Å². The quantitative estimate of drug-likeness (QED) is 0.805. The molecular weight excluding hydrogens is 236 g/mol. The molecule has 1 aliphatic rings. The maximum Gasteiger partial charge on any atom is 0.222 e. The van der Waals surface area contributed by atoms with Crippen LogP contribution in [0.5, 0.6) is 0 Å². The average Bonchev–Trinajstić information content (AvgIpc) is 2.37. The molecule has 1 aliphatic carbocycles. The Morgan fingerprint density at radius 3 is 2.16 bits per heavy atom. The summed E-state index contributed by atoms with van der Waals surface area (Å²) in [6.45, 7) is 7.39. The van der Waals surface area contributed by atoms with Crippen LogP contribution in [0.25, 0.3) is 0 Å². The Kier molecular flexibility index (Phi) is 6.84. The van der Waals surface area contributed by atoms with Gasteiger partial charge in [0.2, 0.25) is 5.91 Å². The van der Waals surface area contributed by atoms with Gasteiger partial charge in [-0.1, -0.05) is 13.8 Å². The van der Waals surface area contributed by atoms with Crippen molar-refractivity contribution >= 4 is 5.91 Å². The fourth-order valence-electron chi connectivity index (χ4n) is 3.15. The van der Waals surface area contributed by atoms with Gasteiger partial charge in [0.1, 0.15) is 0 Å². The van der Waals surface area contributed by atoms with E-state index in [2.05, 4.69) is 20.8 Å². The minimum absolute atomic E-state index is 0.323. The molecular formula is C16H32N2O. The fraction of sp³-hybridized carbons (Fsp3) is 0.938. The van der Waals surface area contributed by atoms with Gasteiger partial charge in [0, 0.05) is 19.5 Å². The van der Waals surface area contributed by atoms with Crippen molar-refractivity contribution in [2.45, 2.75) is 65.3 Å². The zero-order valence-electron chi connectivity index (χ0n) is 13.2. The van der Waals surface area contributed by atoms with Crippen LogP contribution in [0, 0.1) is 17.8 Å². The Bertz CT molecular complexity index is 270. The highest BCUT2D eigenvalue weighted by Gasteiger charge is 2.25. The second kappa shape index (κ2) is 7.88. The second-order valence-electron chi connectivity index (χ2n) is 6.81. The molecule has 0 aromatic rings. The molecule has 1 rings (SSSR count). The summed E-state index contributed by atoms with van der Waals surface area (Å²) in [5.74, 6) is 2.25. The summed E-state index contributed by atoms with van der Waals surface area (Å²) in [5.41, 5.74) is 5.71. The lowest BCUT2D eigenvalue weighted by Crippen LogP contribution is -2.37. The maximum atomic E-state index is 12.3. The first kappa shape index (κ1) is 16.5. The number of nitrogens with zero attached hydrogens (tertiary/aromatic N) is 1. The summed E-state index contributed by atoms with van der Waals surface area (Å²) in [6, 6.07) is 0.355. The van der Waals surface area contributed by atoms with E-state index in [1.54, 1.807) is 0 Å². The lowest BCUT2D eigenvalue weighted by Gasteiger charge is -2.31. The van der Waals surface area contributed by atoms with Gasteiger partial charge in [0.05, 0.1) is 0 Å². The number of carbonyl (C=O) groups is 1. The molecule has 0 aliphatic heterocycles. The number of amides is 1. The highest BCUT2D eigenvalue weighted by atomic mass is 16.2. The summed E-state index contributed by atoms with van der Waals surface area (Å²) >= 11 is 0. The summed E-state index contributed by atoms with van der Waals surface area (Å²) in [5, 5.41) is 0. The fourth-order valence-corrected chi connectivity index (χ4v) is 3.15. The molecule has 0 spiro atoms. The van der Waals surface area contributed by atoms with Crippen LogP contribution in [-0.2, 0) is 4.79 Å². The van der Waals surface area contributed by atoms with Crippen molar-refractivity contribution in [1.29, 1.82) is 0 Å². The number of rotatable bonds is 6. The Balaban J connectivity index is 2.34. The number of hydrogen-bond donors (Lipinski definition) is 1. The Morgan fingerprint density at radius 2 is 1.68 bits per heavy atom. The summed E-state index contributed by atoms with van der Waals surface area (Å²) in [4.78, 5) is 14.2. The maximum absolute atomic E-state index is 12.3. The molecule has 2 N–H and O–H groups in total. The standard InChI is InChI=1S/C16H32N2O/c1-12(2)9-13(3)18(4)16(19)10-14-5-7-15(11-17)8-6-14/h12-15H,5-11,17H2,1-4H3. The molecule has 0 bridgehead atoms. The Morgan fingerprint density at radius 1 is 1.16 bits per heavy atom. The first-order valence-electron chi connectivity index (χ1n) is 7.89. The smallest absolute Gasteiger partial charge is 0.222 e. The van der Waals surface area contributed by atoms with Crippen molar-refractivity contribution in [3.8, 4) is 0 Å². The third-order valence-corrected chi connectivity index (χ3v) is 4.63. The predicted molar refractivity (Wildman–Crippen MR) is 80.8 cm³/mol. The third kappa shape index (κ3) is 5.52. The molecule has 1 fully saturated rings. The minimum Gasteiger partial charge on any atom is -0.343 e. The normalized spacial score (nSPS) is 25.4. The summed E-state index contributed by atoms with van der Waals surface area (Å²) in [6.07, 6.45) is 6.60. The average molecular weight is 268 g/mol. The van der Waals surface area contributed by atoms with Gasteiger partial charge in [0.25, 0.3) is 0 Å². The van der Waals surface area contributed by atoms with Gasteiger partial charge < -0.3 is 10.6 Å². The van der Waals surface area contributed by atoms with Crippen LogP contribution >= 0.6 is 0 Å². The van der Waals surface area contributed by atoms with Crippen molar-refractivity contribution in [3.05, 3.63) is 0 Å². The van der Waals surface area contributed by atoms with Crippen LogP contribution in [0.1, 0.15) is 59.3 Å². The highest BCUT2D eigenvalue weighted by molar-refractivity contribution is 5.76. The van der Waals surface area contributed by atoms with Gasteiger partial charge in [-0.2, -0.15) is 0 Å². The van der Waals surface area contributed by atoms with E-state index in [0.717, 1.165) is 19.4 Å². The van der Waals surface area contributed by atoms with E-state index in [-0.39, 0.29) is 0 Å². The van der Waals surface area contributed by atoms with Crippen molar-refractivity contribution in [2.24, 2.45) is 23.5 Å². The van der Waals surface area contributed by atoms with Crippen LogP contribution in [-0.4, -0.2) is 30.4 Å². The molecule has 1 saturated carbocycles. The Labute approximate surface area is 118 Å². The van der Waals surface area contributed by atoms with Crippen LogP contribution in [0.4, 0.5) is 0 Å². The Hall–Kier alpha value is -0.570. The molecule has 19 heavy (non-hydrogen) atoms. The molecule has 1 amide bonds. The van der Waals surface area contributed by atoms with E-state index < -0.39 is 0 Å². The van der Waals surface area contributed by atoms with Crippen molar-refractivity contribution in [3.63, 3.8) is 0 Å². The summed E-state index contributed by atoms with van der Waals surface area (Å²) < 4.78 is 0. The largest absolute Gasteiger partial charge is 0.343 e. The number of hydrogen-bond acceptors (Lipinski definition) is 2. The summed E-state index contributed by atoms with van der Waals surface area (Å²) in [7, 11) is 1.96. The van der Waals surface area contributed by atoms with Crippen LogP contribution in [0.3, 0.4) is 0 Å². The van der Waals surface area contributed by atoms with E-state index in [1.165, 1.54) is 25.7 Å². The predicted octanol–water partition coefficient (Wildman–Crippen LogP) is 3.03. The minimum atomic E-state index is 0.323. The van der Waals surface area contributed by atoms with Crippen LogP contribution < -0.4 is 5.73 Å². The van der Waals surface area contributed by atoms with E-state index in [9.17, 15) is 4.79 Å². The van der Waals surface area contributed by atoms with Crippen molar-refractivity contribution in [2.75, 3.05) is 13.6 Å². The zero-order chi connectivity index (χ0) is 14.4. The second-order valence-corrected chi connectivity index (χ2v) is 6.81. The van der Waals surface area contributed by atoms with E-state index in [1.807, 2.05) is 11.9 Å². The van der Waals surface area contributed by atoms with Gasteiger partial charge in [-0.3, -0.25) is 4.79 Å². The van der Waals surface area contributed by atoms with Gasteiger partial charge in [-0.05, 0) is 63.3 Å². The van der Waals surface area contributed by atoms with Gasteiger partial charge in [0.15, 0.2) is 0 Å². The van der Waals surface area contributed by atoms with Gasteiger partial charge in [-0.25, -0.2) is 0 Å². The van der Waals surface area contributed by atoms with E-state index in [4.69, 9.17) is 5.73 Å².